The van der Waals surface area contributed by atoms with Gasteiger partial charge in [-0.2, -0.15) is 9.18 Å². The van der Waals surface area contributed by atoms with Crippen LogP contribution in [0.25, 0.3) is 0 Å². The van der Waals surface area contributed by atoms with Gasteiger partial charge in [0.25, 0.3) is 0 Å². The number of aliphatic hydroxyl groups is 2. The van der Waals surface area contributed by atoms with Gasteiger partial charge in [0, 0.05) is 24.3 Å². The standard InChI is InChI=1S/C38H54N4O8/c43-33(27-41(21-11-5-12-22-41)39-37(47)35(45)31-17-7-3-8-18-31)29-49-25-15-1-2-16-26-50-30-34(44)28-42(23-13-6-14-24-42)40-38(48)36(46)32-19-9-4-10-20-32/h3-4,7-10,17-20,33-34,43-44H,1-2,5-6,11-16,21-30H2. The van der Waals surface area contributed by atoms with E-state index >= 15 is 0 Å². The van der Waals surface area contributed by atoms with Crippen LogP contribution >= 0.6 is 0 Å². The fraction of sp³-hybridized carbons (Fsp3) is 0.579. The molecule has 2 aliphatic heterocycles. The number of piperidine rings is 2. The molecule has 2 aromatic carbocycles. The lowest BCUT2D eigenvalue weighted by Crippen LogP contribution is -2.53. The van der Waals surface area contributed by atoms with Gasteiger partial charge in [-0.25, -0.2) is 0 Å². The molecule has 50 heavy (non-hydrogen) atoms. The molecule has 2 N–H and O–H groups in total. The zero-order valence-corrected chi connectivity index (χ0v) is 29.2. The van der Waals surface area contributed by atoms with Crippen molar-refractivity contribution in [2.45, 2.75) is 76.4 Å². The summed E-state index contributed by atoms with van der Waals surface area (Å²) in [6.45, 7) is 4.14. The Morgan fingerprint density at radius 1 is 0.600 bits per heavy atom. The second-order valence-electron chi connectivity index (χ2n) is 13.6. The number of benzene rings is 2. The number of carbonyl (C=O) groups is 2. The Morgan fingerprint density at radius 2 is 0.960 bits per heavy atom. The molecule has 12 heteroatoms. The number of nitrogens with zero attached hydrogens (tertiary/aromatic N) is 4. The van der Waals surface area contributed by atoms with Crippen LogP contribution < -0.4 is 10.2 Å². The largest absolute Gasteiger partial charge is 0.852 e. The van der Waals surface area contributed by atoms with Gasteiger partial charge in [0.15, 0.2) is 0 Å². The van der Waals surface area contributed by atoms with E-state index in [2.05, 4.69) is 10.2 Å². The number of Topliss-reactive ketones (excluding diaryl/α,β-unsaturated/α-hetero) is 2. The highest BCUT2D eigenvalue weighted by Crippen LogP contribution is 2.23. The number of aliphatic hydroxyl groups excluding tert-OH is 2. The van der Waals surface area contributed by atoms with Crippen LogP contribution in [0, 0.1) is 0 Å². The van der Waals surface area contributed by atoms with E-state index in [0.29, 0.717) is 50.5 Å². The van der Waals surface area contributed by atoms with Crippen molar-refractivity contribution < 1.29 is 48.7 Å². The van der Waals surface area contributed by atoms with E-state index in [0.717, 1.165) is 64.2 Å². The monoisotopic (exact) mass is 694 g/mol. The summed E-state index contributed by atoms with van der Waals surface area (Å²) in [4.78, 5) is 25.2. The normalized spacial score (nSPS) is 19.1. The highest BCUT2D eigenvalue weighted by atomic mass is 16.5. The van der Waals surface area contributed by atoms with Crippen LogP contribution in [0.3, 0.4) is 0 Å². The number of quaternary nitrogens is 2. The summed E-state index contributed by atoms with van der Waals surface area (Å²) in [6, 6.07) is 16.8. The molecular weight excluding hydrogens is 640 g/mol. The van der Waals surface area contributed by atoms with E-state index in [1.807, 2.05) is 0 Å². The second kappa shape index (κ2) is 20.4. The minimum absolute atomic E-state index is 0.0530. The molecule has 4 rings (SSSR count). The van der Waals surface area contributed by atoms with Crippen molar-refractivity contribution in [2.24, 2.45) is 10.2 Å². The highest BCUT2D eigenvalue weighted by molar-refractivity contribution is 6.41. The van der Waals surface area contributed by atoms with Crippen molar-refractivity contribution in [1.82, 2.24) is 0 Å². The SMILES string of the molecule is O=C(/C([O-])=N/[N+]1(CC(O)COCCCCCCOCC(O)C[N+]2(/N=C(\[O-])C(=O)c3ccccc3)CCCCC2)CCCCC1)c1ccccc1. The summed E-state index contributed by atoms with van der Waals surface area (Å²) in [5, 5.41) is 55.6. The Hall–Kier alpha value is -3.52. The second-order valence-corrected chi connectivity index (χ2v) is 13.6. The van der Waals surface area contributed by atoms with Gasteiger partial charge in [0.1, 0.15) is 51.5 Å². The van der Waals surface area contributed by atoms with Gasteiger partial charge in [-0.15, -0.1) is 0 Å². The summed E-state index contributed by atoms with van der Waals surface area (Å²) in [5.74, 6) is -2.83. The number of likely N-dealkylation sites (tertiary alicyclic amines) is 2. The molecular formula is C38H54N4O8. The van der Waals surface area contributed by atoms with Crippen molar-refractivity contribution in [1.29, 1.82) is 0 Å². The van der Waals surface area contributed by atoms with Crippen LogP contribution in [-0.2, 0) is 9.47 Å². The molecule has 0 radical (unpaired) electrons. The molecule has 274 valence electrons. The summed E-state index contributed by atoms with van der Waals surface area (Å²) in [7, 11) is 0. The van der Waals surface area contributed by atoms with E-state index in [1.165, 1.54) is 0 Å². The summed E-state index contributed by atoms with van der Waals surface area (Å²) >= 11 is 0. The first-order chi connectivity index (χ1) is 24.2. The van der Waals surface area contributed by atoms with Gasteiger partial charge in [-0.1, -0.05) is 83.7 Å². The fourth-order valence-electron chi connectivity index (χ4n) is 6.84. The molecule has 0 amide bonds. The van der Waals surface area contributed by atoms with E-state index in [9.17, 15) is 30.0 Å². The maximum absolute atomic E-state index is 12.8. The zero-order valence-electron chi connectivity index (χ0n) is 29.2. The average molecular weight is 695 g/mol. The van der Waals surface area contributed by atoms with Gasteiger partial charge >= 0.3 is 0 Å². The van der Waals surface area contributed by atoms with Gasteiger partial charge < -0.3 is 29.9 Å². The van der Waals surface area contributed by atoms with Crippen LogP contribution in [-0.4, -0.2) is 121 Å². The highest BCUT2D eigenvalue weighted by Gasteiger charge is 2.35. The van der Waals surface area contributed by atoms with Crippen LogP contribution in [0.1, 0.15) is 84.9 Å². The lowest BCUT2D eigenvalue weighted by atomic mass is 10.1. The third kappa shape index (κ3) is 12.7. The van der Waals surface area contributed by atoms with Crippen LogP contribution in [0.15, 0.2) is 70.9 Å². The van der Waals surface area contributed by atoms with Crippen LogP contribution in [0.4, 0.5) is 0 Å². The molecule has 2 unspecified atom stereocenters. The first kappa shape index (κ1) is 39.3. The summed E-state index contributed by atoms with van der Waals surface area (Å²) < 4.78 is 11.6. The molecule has 2 aromatic rings. The Morgan fingerprint density at radius 3 is 1.32 bits per heavy atom. The number of unbranched alkanes of at least 4 members (excludes halogenated alkanes) is 3. The molecule has 0 spiro atoms. The molecule has 2 atom stereocenters. The van der Waals surface area contributed by atoms with Crippen LogP contribution in [0.2, 0.25) is 0 Å². The molecule has 0 saturated carbocycles. The zero-order chi connectivity index (χ0) is 35.7. The Kier molecular flexibility index (Phi) is 16.0. The third-order valence-electron chi connectivity index (χ3n) is 9.41. The Labute approximate surface area is 295 Å². The van der Waals surface area contributed by atoms with Crippen molar-refractivity contribution in [3.8, 4) is 0 Å². The lowest BCUT2D eigenvalue weighted by molar-refractivity contribution is -0.942. The number of ether oxygens (including phenoxy) is 2. The number of ketones is 2. The van der Waals surface area contributed by atoms with Crippen molar-refractivity contribution in [3.05, 3.63) is 71.8 Å². The lowest BCUT2D eigenvalue weighted by Gasteiger charge is -2.38. The molecule has 2 fully saturated rings. The van der Waals surface area contributed by atoms with E-state index in [4.69, 9.17) is 9.47 Å². The minimum atomic E-state index is -0.807. The average Bonchev–Trinajstić information content (AvgIpc) is 3.13. The molecule has 2 aliphatic rings. The van der Waals surface area contributed by atoms with Crippen LogP contribution in [0.5, 0.6) is 0 Å². The van der Waals surface area contributed by atoms with E-state index in [-0.39, 0.29) is 35.5 Å². The van der Waals surface area contributed by atoms with Gasteiger partial charge in [-0.3, -0.25) is 9.59 Å². The van der Waals surface area contributed by atoms with Gasteiger partial charge in [0.05, 0.1) is 25.0 Å². The van der Waals surface area contributed by atoms with Gasteiger partial charge in [0.2, 0.25) is 11.6 Å². The Bertz CT molecular complexity index is 1270. The molecule has 0 bridgehead atoms. The summed E-state index contributed by atoms with van der Waals surface area (Å²) in [6.07, 6.45) is 7.44. The number of hydrogen-bond donors (Lipinski definition) is 2. The number of hydrogen-bond acceptors (Lipinski definition) is 10. The maximum atomic E-state index is 12.8. The Balaban J connectivity index is 1.10. The predicted molar refractivity (Wildman–Crippen MR) is 186 cm³/mol. The molecule has 2 heterocycles. The smallest absolute Gasteiger partial charge is 0.201 e. The maximum Gasteiger partial charge on any atom is 0.201 e. The van der Waals surface area contributed by atoms with Crippen molar-refractivity contribution in [3.63, 3.8) is 0 Å². The molecule has 2 saturated heterocycles. The number of rotatable bonds is 21. The third-order valence-corrected chi connectivity index (χ3v) is 9.41. The minimum Gasteiger partial charge on any atom is -0.852 e. The molecule has 12 nitrogen and oxygen atoms in total. The van der Waals surface area contributed by atoms with Gasteiger partial charge in [-0.05, 0) is 51.4 Å². The van der Waals surface area contributed by atoms with Crippen molar-refractivity contribution in [2.75, 3.05) is 65.7 Å². The number of carbonyl (C=O) groups excluding carboxylic acids is 2. The topological polar surface area (TPSA) is 164 Å². The van der Waals surface area contributed by atoms with E-state index < -0.39 is 35.6 Å². The summed E-state index contributed by atoms with van der Waals surface area (Å²) in [5.41, 5.74) is 0.624. The first-order valence-electron chi connectivity index (χ1n) is 18.2. The van der Waals surface area contributed by atoms with Crippen molar-refractivity contribution >= 4 is 23.4 Å². The van der Waals surface area contributed by atoms with E-state index in [1.54, 1.807) is 60.7 Å². The predicted octanol–water partition coefficient (Wildman–Crippen LogP) is 2.42. The fourth-order valence-corrected chi connectivity index (χ4v) is 6.84. The molecule has 0 aromatic heterocycles. The quantitative estimate of drug-likeness (QED) is 0.0662. The molecule has 0 aliphatic carbocycles. The first-order valence-corrected chi connectivity index (χ1v) is 18.2.